The van der Waals surface area contributed by atoms with Gasteiger partial charge in [0.05, 0.1) is 39.3 Å². The van der Waals surface area contributed by atoms with Crippen LogP contribution < -0.4 is 16.5 Å². The van der Waals surface area contributed by atoms with Gasteiger partial charge in [0.2, 0.25) is 5.91 Å². The van der Waals surface area contributed by atoms with Gasteiger partial charge in [-0.3, -0.25) is 48.4 Å². The van der Waals surface area contributed by atoms with Crippen LogP contribution in [0.3, 0.4) is 0 Å². The van der Waals surface area contributed by atoms with E-state index in [1.807, 2.05) is 29.2 Å². The predicted molar refractivity (Wildman–Crippen MR) is 154 cm³/mol. The van der Waals surface area contributed by atoms with Crippen LogP contribution in [0.4, 0.5) is 0 Å². The fraction of sp³-hybridized carbons (Fsp3) is 0.593. The molecule has 0 unspecified atom stereocenters. The third-order valence-electron chi connectivity index (χ3n) is 6.88. The molecular formula is C27H43N7O9. The fourth-order valence-electron chi connectivity index (χ4n) is 4.56. The van der Waals surface area contributed by atoms with Gasteiger partial charge in [0.25, 0.3) is 5.91 Å². The van der Waals surface area contributed by atoms with Crippen molar-refractivity contribution >= 4 is 29.7 Å². The minimum Gasteiger partial charge on any atom is -0.480 e. The number of nitrogens with zero attached hydrogens (tertiary/aromatic N) is 4. The molecule has 1 saturated heterocycles. The molecule has 16 heteroatoms. The van der Waals surface area contributed by atoms with Crippen LogP contribution in [0.25, 0.3) is 0 Å². The van der Waals surface area contributed by atoms with Gasteiger partial charge in [-0.15, -0.1) is 0 Å². The van der Waals surface area contributed by atoms with Gasteiger partial charge in [-0.2, -0.15) is 0 Å². The van der Waals surface area contributed by atoms with E-state index in [0.29, 0.717) is 58.8 Å². The van der Waals surface area contributed by atoms with Gasteiger partial charge >= 0.3 is 17.9 Å². The number of nitrogens with one attached hydrogen (secondary N) is 2. The molecule has 1 aromatic rings. The van der Waals surface area contributed by atoms with E-state index in [0.717, 1.165) is 11.1 Å². The van der Waals surface area contributed by atoms with Gasteiger partial charge in [0.15, 0.2) is 0 Å². The maximum atomic E-state index is 12.9. The van der Waals surface area contributed by atoms with Crippen LogP contribution in [-0.4, -0.2) is 156 Å². The van der Waals surface area contributed by atoms with Crippen LogP contribution in [0.15, 0.2) is 24.3 Å². The standard InChI is InChI=1S/C27H43N7O9/c1-43-30-27(42)22(28)14-20-2-4-21(5-3-20)15-29-23(35)16-31-6-8-32(17-24(36)37)10-12-34(19-26(40)41)13-11-33(9-7-31)18-25(38)39/h2-5,22H,6-19,28H2,1H3,(H,29,35)(H,30,42)(H,36,37)(H,38,39)(H,40,41)/t22-/m0/s1. The number of aliphatic carboxylic acids is 3. The molecule has 0 saturated carbocycles. The number of hydrogen-bond donors (Lipinski definition) is 6. The van der Waals surface area contributed by atoms with Crippen LogP contribution in [0.2, 0.25) is 0 Å². The first-order valence-electron chi connectivity index (χ1n) is 13.9. The first-order valence-corrected chi connectivity index (χ1v) is 13.9. The molecule has 240 valence electrons. The highest BCUT2D eigenvalue weighted by Crippen LogP contribution is 2.07. The summed E-state index contributed by atoms with van der Waals surface area (Å²) in [5.74, 6) is -3.74. The molecule has 1 aromatic carbocycles. The van der Waals surface area contributed by atoms with Gasteiger partial charge in [0.1, 0.15) is 0 Å². The summed E-state index contributed by atoms with van der Waals surface area (Å²) < 4.78 is 0. The number of hydroxylamine groups is 1. The maximum absolute atomic E-state index is 12.9. The molecule has 0 bridgehead atoms. The van der Waals surface area contributed by atoms with Crippen LogP contribution in [-0.2, 0) is 41.8 Å². The lowest BCUT2D eigenvalue weighted by Crippen LogP contribution is -2.49. The van der Waals surface area contributed by atoms with Gasteiger partial charge < -0.3 is 26.4 Å². The number of rotatable bonds is 14. The number of benzene rings is 1. The summed E-state index contributed by atoms with van der Waals surface area (Å²) in [5.41, 5.74) is 9.74. The number of hydrogen-bond acceptors (Lipinski definition) is 11. The Morgan fingerprint density at radius 2 is 1.09 bits per heavy atom. The molecule has 0 spiro atoms. The highest BCUT2D eigenvalue weighted by Gasteiger charge is 2.21. The van der Waals surface area contributed by atoms with Crippen molar-refractivity contribution in [2.24, 2.45) is 5.73 Å². The second kappa shape index (κ2) is 18.8. The Labute approximate surface area is 250 Å². The Morgan fingerprint density at radius 1 is 0.721 bits per heavy atom. The molecule has 1 fully saturated rings. The minimum atomic E-state index is -1.02. The molecule has 7 N–H and O–H groups in total. The highest BCUT2D eigenvalue weighted by atomic mass is 16.6. The molecule has 0 aliphatic carbocycles. The quantitative estimate of drug-likeness (QED) is 0.119. The van der Waals surface area contributed by atoms with E-state index in [4.69, 9.17) is 5.73 Å². The van der Waals surface area contributed by atoms with E-state index >= 15 is 0 Å². The Kier molecular flexibility index (Phi) is 15.5. The Balaban J connectivity index is 2.01. The number of amides is 2. The average molecular weight is 610 g/mol. The van der Waals surface area contributed by atoms with Gasteiger partial charge in [-0.1, -0.05) is 24.3 Å². The van der Waals surface area contributed by atoms with Crippen molar-refractivity contribution in [3.63, 3.8) is 0 Å². The van der Waals surface area contributed by atoms with Crippen LogP contribution >= 0.6 is 0 Å². The predicted octanol–water partition coefficient (Wildman–Crippen LogP) is -2.67. The molecule has 2 rings (SSSR count). The molecular weight excluding hydrogens is 566 g/mol. The summed E-state index contributed by atoms with van der Waals surface area (Å²) in [5, 5.41) is 30.9. The van der Waals surface area contributed by atoms with Crippen molar-refractivity contribution in [3.8, 4) is 0 Å². The lowest BCUT2D eigenvalue weighted by molar-refractivity contribution is -0.140. The number of carbonyl (C=O) groups is 5. The molecule has 1 heterocycles. The Morgan fingerprint density at radius 3 is 1.47 bits per heavy atom. The minimum absolute atomic E-state index is 0.0223. The van der Waals surface area contributed by atoms with Crippen molar-refractivity contribution in [1.29, 1.82) is 0 Å². The van der Waals surface area contributed by atoms with Gasteiger partial charge in [0, 0.05) is 58.9 Å². The SMILES string of the molecule is CONC(=O)[C@@H](N)Cc1ccc(CNC(=O)CN2CCN(CC(=O)O)CCN(CC(=O)O)CCN(CC(=O)O)CC2)cc1. The molecule has 1 atom stereocenters. The molecule has 2 amide bonds. The van der Waals surface area contributed by atoms with Gasteiger partial charge in [-0.25, -0.2) is 5.48 Å². The molecule has 16 nitrogen and oxygen atoms in total. The zero-order chi connectivity index (χ0) is 31.8. The normalized spacial score (nSPS) is 17.3. The summed E-state index contributed by atoms with van der Waals surface area (Å²) >= 11 is 0. The van der Waals surface area contributed by atoms with Crippen molar-refractivity contribution in [1.82, 2.24) is 30.4 Å². The Hall–Kier alpha value is -3.67. The lowest BCUT2D eigenvalue weighted by atomic mass is 10.0. The summed E-state index contributed by atoms with van der Waals surface area (Å²) in [6, 6.07) is 6.53. The second-order valence-corrected chi connectivity index (χ2v) is 10.4. The molecule has 43 heavy (non-hydrogen) atoms. The van der Waals surface area contributed by atoms with Crippen molar-refractivity contribution in [2.45, 2.75) is 19.0 Å². The maximum Gasteiger partial charge on any atom is 0.317 e. The fourth-order valence-corrected chi connectivity index (χ4v) is 4.56. The molecule has 1 aliphatic rings. The number of nitrogens with two attached hydrogens (primary N) is 1. The van der Waals surface area contributed by atoms with Crippen molar-refractivity contribution < 1.29 is 44.1 Å². The number of carbonyl (C=O) groups excluding carboxylic acids is 2. The average Bonchev–Trinajstić information content (AvgIpc) is 2.93. The zero-order valence-corrected chi connectivity index (χ0v) is 24.4. The topological polar surface area (TPSA) is 218 Å². The van der Waals surface area contributed by atoms with E-state index in [1.165, 1.54) is 7.11 Å². The Bertz CT molecular complexity index is 1040. The highest BCUT2D eigenvalue weighted by molar-refractivity contribution is 5.80. The molecule has 1 aliphatic heterocycles. The van der Waals surface area contributed by atoms with E-state index < -0.39 is 29.9 Å². The molecule has 0 aromatic heterocycles. The van der Waals surface area contributed by atoms with Crippen LogP contribution in [0, 0.1) is 0 Å². The third kappa shape index (κ3) is 14.9. The first-order chi connectivity index (χ1) is 20.4. The van der Waals surface area contributed by atoms with Crippen LogP contribution in [0.5, 0.6) is 0 Å². The van der Waals surface area contributed by atoms with Gasteiger partial charge in [-0.05, 0) is 17.5 Å². The van der Waals surface area contributed by atoms with Crippen molar-refractivity contribution in [2.75, 3.05) is 85.6 Å². The summed E-state index contributed by atoms with van der Waals surface area (Å²) in [6.07, 6.45) is 0.312. The zero-order valence-electron chi connectivity index (χ0n) is 24.4. The van der Waals surface area contributed by atoms with E-state index in [-0.39, 0.29) is 38.6 Å². The van der Waals surface area contributed by atoms with E-state index in [1.54, 1.807) is 14.7 Å². The lowest BCUT2D eigenvalue weighted by Gasteiger charge is -2.32. The molecule has 0 radical (unpaired) electrons. The number of carboxylic acid groups (broad SMARTS) is 3. The van der Waals surface area contributed by atoms with E-state index in [2.05, 4.69) is 15.6 Å². The number of carboxylic acids is 3. The van der Waals surface area contributed by atoms with Crippen LogP contribution in [0.1, 0.15) is 11.1 Å². The van der Waals surface area contributed by atoms with Crippen molar-refractivity contribution in [3.05, 3.63) is 35.4 Å². The largest absolute Gasteiger partial charge is 0.480 e. The summed E-state index contributed by atoms with van der Waals surface area (Å²) in [4.78, 5) is 70.3. The van der Waals surface area contributed by atoms with E-state index in [9.17, 15) is 39.3 Å². The first kappa shape index (κ1) is 35.5. The summed E-state index contributed by atoms with van der Waals surface area (Å²) in [6.45, 7) is 2.14. The second-order valence-electron chi connectivity index (χ2n) is 10.4. The smallest absolute Gasteiger partial charge is 0.317 e. The monoisotopic (exact) mass is 609 g/mol. The summed E-state index contributed by atoms with van der Waals surface area (Å²) in [7, 11) is 1.33. The third-order valence-corrected chi connectivity index (χ3v) is 6.88.